The highest BCUT2D eigenvalue weighted by atomic mass is 35.5. The maximum absolute atomic E-state index is 11.8. The van der Waals surface area contributed by atoms with Crippen molar-refractivity contribution in [1.82, 2.24) is 5.32 Å². The summed E-state index contributed by atoms with van der Waals surface area (Å²) in [5.41, 5.74) is 1.69. The summed E-state index contributed by atoms with van der Waals surface area (Å²) in [4.78, 5) is 11.8. The van der Waals surface area contributed by atoms with E-state index in [0.29, 0.717) is 5.02 Å². The Morgan fingerprint density at radius 1 is 1.56 bits per heavy atom. The van der Waals surface area contributed by atoms with Crippen LogP contribution in [0.4, 0.5) is 5.69 Å². The molecular weight excluding hydrogens is 224 g/mol. The monoisotopic (exact) mass is 238 g/mol. The van der Waals surface area contributed by atoms with Gasteiger partial charge in [0.15, 0.2) is 0 Å². The van der Waals surface area contributed by atoms with Gasteiger partial charge in [0, 0.05) is 22.3 Å². The molecule has 4 heteroatoms. The molecule has 0 saturated heterocycles. The maximum atomic E-state index is 11.8. The molecule has 0 bridgehead atoms. The van der Waals surface area contributed by atoms with Gasteiger partial charge >= 0.3 is 0 Å². The van der Waals surface area contributed by atoms with E-state index in [4.69, 9.17) is 11.6 Å². The number of amides is 1. The van der Waals surface area contributed by atoms with Gasteiger partial charge in [-0.05, 0) is 25.5 Å². The smallest absolute Gasteiger partial charge is 0.246 e. The lowest BCUT2D eigenvalue weighted by molar-refractivity contribution is -0.117. The number of fused-ring (bicyclic) bond motifs is 1. The van der Waals surface area contributed by atoms with Crippen molar-refractivity contribution in [2.75, 3.05) is 5.32 Å². The van der Waals surface area contributed by atoms with Gasteiger partial charge < -0.3 is 5.32 Å². The first-order chi connectivity index (χ1) is 7.63. The van der Waals surface area contributed by atoms with E-state index in [1.807, 2.05) is 18.2 Å². The predicted molar refractivity (Wildman–Crippen MR) is 65.7 cm³/mol. The fourth-order valence-electron chi connectivity index (χ4n) is 1.84. The van der Waals surface area contributed by atoms with Crippen LogP contribution in [-0.2, 0) is 4.79 Å². The number of hydrogen-bond acceptors (Lipinski definition) is 2. The minimum atomic E-state index is -0.321. The summed E-state index contributed by atoms with van der Waals surface area (Å²) in [5.74, 6) is -0.0246. The van der Waals surface area contributed by atoms with Gasteiger partial charge in [-0.1, -0.05) is 24.6 Å². The number of anilines is 1. The van der Waals surface area contributed by atoms with Crippen LogP contribution in [0.1, 0.15) is 31.9 Å². The lowest BCUT2D eigenvalue weighted by atomic mass is 10.1. The molecule has 1 aliphatic heterocycles. The lowest BCUT2D eigenvalue weighted by Gasteiger charge is -2.17. The van der Waals surface area contributed by atoms with E-state index >= 15 is 0 Å². The van der Waals surface area contributed by atoms with Gasteiger partial charge in [-0.2, -0.15) is 0 Å². The standard InChI is InChI=1S/C12H15ClN2O/c1-3-7(2)14-11-10-8(13)5-4-6-9(10)15-12(11)16/h4-7,11,14H,3H2,1-2H3,(H,15,16). The lowest BCUT2D eigenvalue weighted by Crippen LogP contribution is -2.34. The van der Waals surface area contributed by atoms with Crippen molar-refractivity contribution in [2.24, 2.45) is 0 Å². The topological polar surface area (TPSA) is 41.1 Å². The molecule has 0 saturated carbocycles. The largest absolute Gasteiger partial charge is 0.324 e. The highest BCUT2D eigenvalue weighted by molar-refractivity contribution is 6.32. The van der Waals surface area contributed by atoms with Crippen LogP contribution in [0.5, 0.6) is 0 Å². The summed E-state index contributed by atoms with van der Waals surface area (Å²) in [5, 5.41) is 6.75. The zero-order valence-electron chi connectivity index (χ0n) is 9.38. The number of halogens is 1. The minimum absolute atomic E-state index is 0.0246. The van der Waals surface area contributed by atoms with Crippen molar-refractivity contribution in [3.8, 4) is 0 Å². The normalized spacial score (nSPS) is 20.4. The second kappa shape index (κ2) is 4.44. The molecule has 2 atom stereocenters. The molecule has 1 aromatic carbocycles. The molecule has 16 heavy (non-hydrogen) atoms. The SMILES string of the molecule is CCC(C)NC1C(=O)Nc2cccc(Cl)c21. The predicted octanol–water partition coefficient (Wildman–Crippen LogP) is 2.72. The number of carbonyl (C=O) groups excluding carboxylic acids is 1. The number of benzene rings is 1. The Morgan fingerprint density at radius 3 is 3.00 bits per heavy atom. The Labute approximate surface area is 100 Å². The zero-order chi connectivity index (χ0) is 11.7. The van der Waals surface area contributed by atoms with E-state index in [-0.39, 0.29) is 18.0 Å². The summed E-state index contributed by atoms with van der Waals surface area (Å²) < 4.78 is 0. The first-order valence-corrected chi connectivity index (χ1v) is 5.86. The molecule has 1 amide bonds. The first-order valence-electron chi connectivity index (χ1n) is 5.48. The minimum Gasteiger partial charge on any atom is -0.324 e. The van der Waals surface area contributed by atoms with Gasteiger partial charge in [0.1, 0.15) is 6.04 Å². The van der Waals surface area contributed by atoms with Crippen LogP contribution < -0.4 is 10.6 Å². The van der Waals surface area contributed by atoms with Crippen LogP contribution in [0.3, 0.4) is 0 Å². The molecule has 2 N–H and O–H groups in total. The van der Waals surface area contributed by atoms with Crippen molar-refractivity contribution in [3.63, 3.8) is 0 Å². The van der Waals surface area contributed by atoms with Crippen LogP contribution in [0.25, 0.3) is 0 Å². The van der Waals surface area contributed by atoms with Gasteiger partial charge in [0.25, 0.3) is 0 Å². The van der Waals surface area contributed by atoms with E-state index in [0.717, 1.165) is 17.7 Å². The quantitative estimate of drug-likeness (QED) is 0.850. The molecule has 3 nitrogen and oxygen atoms in total. The van der Waals surface area contributed by atoms with Gasteiger partial charge in [0.05, 0.1) is 0 Å². The van der Waals surface area contributed by atoms with Crippen LogP contribution in [-0.4, -0.2) is 11.9 Å². The van der Waals surface area contributed by atoms with E-state index in [2.05, 4.69) is 24.5 Å². The third-order valence-electron chi connectivity index (χ3n) is 2.93. The molecule has 0 aliphatic carbocycles. The van der Waals surface area contributed by atoms with Gasteiger partial charge in [-0.3, -0.25) is 10.1 Å². The van der Waals surface area contributed by atoms with Gasteiger partial charge in [-0.25, -0.2) is 0 Å². The average molecular weight is 239 g/mol. The number of carbonyl (C=O) groups is 1. The zero-order valence-corrected chi connectivity index (χ0v) is 10.1. The molecule has 1 heterocycles. The van der Waals surface area contributed by atoms with Gasteiger partial charge in [0.2, 0.25) is 5.91 Å². The molecular formula is C12H15ClN2O. The van der Waals surface area contributed by atoms with E-state index in [1.54, 1.807) is 0 Å². The number of rotatable bonds is 3. The van der Waals surface area contributed by atoms with Crippen LogP contribution in [0, 0.1) is 0 Å². The molecule has 0 aromatic heterocycles. The summed E-state index contributed by atoms with van der Waals surface area (Å²) in [7, 11) is 0. The fraction of sp³-hybridized carbons (Fsp3) is 0.417. The van der Waals surface area contributed by atoms with Crippen molar-refractivity contribution in [1.29, 1.82) is 0 Å². The van der Waals surface area contributed by atoms with Crippen LogP contribution in [0.2, 0.25) is 5.02 Å². The second-order valence-electron chi connectivity index (χ2n) is 4.10. The fourth-order valence-corrected chi connectivity index (χ4v) is 2.12. The maximum Gasteiger partial charge on any atom is 0.246 e. The van der Waals surface area contributed by atoms with E-state index < -0.39 is 0 Å². The number of hydrogen-bond donors (Lipinski definition) is 2. The Bertz CT molecular complexity index is 419. The van der Waals surface area contributed by atoms with E-state index in [9.17, 15) is 4.79 Å². The molecule has 2 unspecified atom stereocenters. The van der Waals surface area contributed by atoms with Crippen molar-refractivity contribution in [3.05, 3.63) is 28.8 Å². The summed E-state index contributed by atoms with van der Waals surface area (Å²) >= 11 is 6.12. The first kappa shape index (κ1) is 11.4. The molecule has 1 aromatic rings. The van der Waals surface area contributed by atoms with Crippen LogP contribution >= 0.6 is 11.6 Å². The average Bonchev–Trinajstić information content (AvgIpc) is 2.56. The number of nitrogens with one attached hydrogen (secondary N) is 2. The second-order valence-corrected chi connectivity index (χ2v) is 4.51. The highest BCUT2D eigenvalue weighted by Gasteiger charge is 2.32. The Morgan fingerprint density at radius 2 is 2.31 bits per heavy atom. The molecule has 0 fully saturated rings. The Balaban J connectivity index is 2.32. The van der Waals surface area contributed by atoms with Gasteiger partial charge in [-0.15, -0.1) is 0 Å². The molecule has 86 valence electrons. The summed E-state index contributed by atoms with van der Waals surface area (Å²) in [6.45, 7) is 4.14. The molecule has 2 rings (SSSR count). The molecule has 0 spiro atoms. The third-order valence-corrected chi connectivity index (χ3v) is 3.25. The van der Waals surface area contributed by atoms with Crippen molar-refractivity contribution in [2.45, 2.75) is 32.4 Å². The Kier molecular flexibility index (Phi) is 3.17. The molecule has 1 aliphatic rings. The van der Waals surface area contributed by atoms with Crippen LogP contribution in [0.15, 0.2) is 18.2 Å². The highest BCUT2D eigenvalue weighted by Crippen LogP contribution is 2.36. The van der Waals surface area contributed by atoms with Crippen molar-refractivity contribution >= 4 is 23.2 Å². The third kappa shape index (κ3) is 1.93. The van der Waals surface area contributed by atoms with E-state index in [1.165, 1.54) is 0 Å². The summed E-state index contributed by atoms with van der Waals surface area (Å²) in [6.07, 6.45) is 0.976. The van der Waals surface area contributed by atoms with Crippen molar-refractivity contribution < 1.29 is 4.79 Å². The summed E-state index contributed by atoms with van der Waals surface area (Å²) in [6, 6.07) is 5.49. The Hall–Kier alpha value is -1.06. The molecule has 0 radical (unpaired) electrons.